The lowest BCUT2D eigenvalue weighted by Crippen LogP contribution is -2.38. The van der Waals surface area contributed by atoms with Crippen molar-refractivity contribution in [2.24, 2.45) is 0 Å². The van der Waals surface area contributed by atoms with E-state index in [9.17, 15) is 4.79 Å². The molecule has 5 nitrogen and oxygen atoms in total. The van der Waals surface area contributed by atoms with Crippen LogP contribution in [0, 0.1) is 0 Å². The van der Waals surface area contributed by atoms with Gasteiger partial charge in [0, 0.05) is 42.6 Å². The Morgan fingerprint density at radius 1 is 1.17 bits per heavy atom. The lowest BCUT2D eigenvalue weighted by Gasteiger charge is -2.31. The Hall–Kier alpha value is -1.69. The summed E-state index contributed by atoms with van der Waals surface area (Å²) in [6, 6.07) is 1.88. The quantitative estimate of drug-likeness (QED) is 0.836. The monoisotopic (exact) mass is 345 g/mol. The van der Waals surface area contributed by atoms with Crippen molar-refractivity contribution >= 4 is 17.2 Å². The van der Waals surface area contributed by atoms with Crippen LogP contribution in [0.15, 0.2) is 22.2 Å². The molecular formula is C18H23N3O2S. The Bertz CT molecular complexity index is 676. The number of piperidine rings is 1. The Morgan fingerprint density at radius 3 is 2.79 bits per heavy atom. The minimum absolute atomic E-state index is 0.0224. The summed E-state index contributed by atoms with van der Waals surface area (Å²) in [6.07, 6.45) is 10.1. The van der Waals surface area contributed by atoms with Crippen molar-refractivity contribution in [2.75, 3.05) is 13.1 Å². The van der Waals surface area contributed by atoms with E-state index in [4.69, 9.17) is 4.52 Å². The second-order valence-corrected chi connectivity index (χ2v) is 7.84. The predicted molar refractivity (Wildman–Crippen MR) is 92.3 cm³/mol. The number of thiazole rings is 1. The molecule has 1 aliphatic heterocycles. The van der Waals surface area contributed by atoms with Crippen molar-refractivity contribution in [1.82, 2.24) is 15.0 Å². The molecule has 4 rings (SSSR count). The average Bonchev–Trinajstić information content (AvgIpc) is 3.34. The predicted octanol–water partition coefficient (Wildman–Crippen LogP) is 4.20. The Morgan fingerprint density at radius 2 is 2.00 bits per heavy atom. The SMILES string of the molecule is O=C(c1cc(C2CCCCC2)no1)N1CCC[C@@H](c2nccs2)C1. The molecule has 6 heteroatoms. The molecule has 128 valence electrons. The zero-order valence-corrected chi connectivity index (χ0v) is 14.6. The van der Waals surface area contributed by atoms with Crippen molar-refractivity contribution in [3.8, 4) is 0 Å². The molecule has 1 atom stereocenters. The van der Waals surface area contributed by atoms with Crippen LogP contribution < -0.4 is 0 Å². The van der Waals surface area contributed by atoms with Gasteiger partial charge in [-0.15, -0.1) is 11.3 Å². The number of hydrogen-bond acceptors (Lipinski definition) is 5. The summed E-state index contributed by atoms with van der Waals surface area (Å²) in [7, 11) is 0. The molecule has 1 amide bonds. The van der Waals surface area contributed by atoms with Crippen LogP contribution in [0.2, 0.25) is 0 Å². The smallest absolute Gasteiger partial charge is 0.292 e. The van der Waals surface area contributed by atoms with Gasteiger partial charge in [0.25, 0.3) is 5.91 Å². The summed E-state index contributed by atoms with van der Waals surface area (Å²) in [5, 5.41) is 7.33. The number of carbonyl (C=O) groups is 1. The van der Waals surface area contributed by atoms with Gasteiger partial charge in [-0.25, -0.2) is 4.98 Å². The van der Waals surface area contributed by atoms with E-state index in [-0.39, 0.29) is 5.91 Å². The number of rotatable bonds is 3. The Kier molecular flexibility index (Phi) is 4.65. The van der Waals surface area contributed by atoms with E-state index in [1.165, 1.54) is 19.3 Å². The zero-order valence-electron chi connectivity index (χ0n) is 13.8. The molecule has 2 aliphatic rings. The fourth-order valence-electron chi connectivity index (χ4n) is 3.94. The minimum atomic E-state index is -0.0224. The van der Waals surface area contributed by atoms with Gasteiger partial charge >= 0.3 is 0 Å². The van der Waals surface area contributed by atoms with E-state index in [1.54, 1.807) is 11.3 Å². The third kappa shape index (κ3) is 3.24. The van der Waals surface area contributed by atoms with Gasteiger partial charge in [0.1, 0.15) is 0 Å². The van der Waals surface area contributed by atoms with Gasteiger partial charge in [-0.2, -0.15) is 0 Å². The molecule has 0 N–H and O–H groups in total. The standard InChI is InChI=1S/C18H23N3O2S/c22-18(16-11-15(20-23-16)13-5-2-1-3-6-13)21-9-4-7-14(12-21)17-19-8-10-24-17/h8,10-11,13-14H,1-7,9,12H2/t14-/m1/s1. The molecule has 1 aliphatic carbocycles. The van der Waals surface area contributed by atoms with Crippen molar-refractivity contribution in [3.63, 3.8) is 0 Å². The minimum Gasteiger partial charge on any atom is -0.351 e. The first kappa shape index (κ1) is 15.8. The van der Waals surface area contributed by atoms with Gasteiger partial charge in [0.2, 0.25) is 5.76 Å². The molecule has 2 aromatic rings. The van der Waals surface area contributed by atoms with E-state index in [0.29, 0.717) is 17.6 Å². The third-order valence-electron chi connectivity index (χ3n) is 5.27. The van der Waals surface area contributed by atoms with Crippen LogP contribution >= 0.6 is 11.3 Å². The molecule has 0 bridgehead atoms. The molecule has 0 spiro atoms. The molecule has 2 fully saturated rings. The summed E-state index contributed by atoms with van der Waals surface area (Å²) in [5.41, 5.74) is 0.964. The first-order valence-electron chi connectivity index (χ1n) is 8.96. The lowest BCUT2D eigenvalue weighted by molar-refractivity contribution is 0.0665. The van der Waals surface area contributed by atoms with E-state index >= 15 is 0 Å². The molecule has 24 heavy (non-hydrogen) atoms. The third-order valence-corrected chi connectivity index (χ3v) is 6.21. The largest absolute Gasteiger partial charge is 0.351 e. The fraction of sp³-hybridized carbons (Fsp3) is 0.611. The highest BCUT2D eigenvalue weighted by Crippen LogP contribution is 2.33. The van der Waals surface area contributed by atoms with E-state index < -0.39 is 0 Å². The fourth-order valence-corrected chi connectivity index (χ4v) is 4.70. The van der Waals surface area contributed by atoms with Gasteiger partial charge in [-0.3, -0.25) is 4.79 Å². The van der Waals surface area contributed by atoms with Crippen molar-refractivity contribution < 1.29 is 9.32 Å². The maximum absolute atomic E-state index is 12.8. The lowest BCUT2D eigenvalue weighted by atomic mass is 9.87. The number of hydrogen-bond donors (Lipinski definition) is 0. The second-order valence-electron chi connectivity index (χ2n) is 6.91. The van der Waals surface area contributed by atoms with Gasteiger partial charge in [-0.05, 0) is 25.7 Å². The first-order valence-corrected chi connectivity index (χ1v) is 9.84. The molecule has 0 unspecified atom stereocenters. The first-order chi connectivity index (χ1) is 11.8. The van der Waals surface area contributed by atoms with Crippen LogP contribution in [0.1, 0.15) is 78.0 Å². The van der Waals surface area contributed by atoms with E-state index in [0.717, 1.165) is 49.5 Å². The summed E-state index contributed by atoms with van der Waals surface area (Å²) in [6.45, 7) is 1.52. The maximum atomic E-state index is 12.8. The zero-order chi connectivity index (χ0) is 16.4. The highest BCUT2D eigenvalue weighted by molar-refractivity contribution is 7.09. The van der Waals surface area contributed by atoms with Crippen molar-refractivity contribution in [1.29, 1.82) is 0 Å². The highest BCUT2D eigenvalue weighted by Gasteiger charge is 2.29. The van der Waals surface area contributed by atoms with Crippen LogP contribution in [-0.4, -0.2) is 34.0 Å². The number of likely N-dealkylation sites (tertiary alicyclic amines) is 1. The number of aromatic nitrogens is 2. The molecule has 0 aromatic carbocycles. The number of carbonyl (C=O) groups excluding carboxylic acids is 1. The van der Waals surface area contributed by atoms with Gasteiger partial charge in [0.15, 0.2) is 0 Å². The Balaban J connectivity index is 1.44. The number of nitrogens with zero attached hydrogens (tertiary/aromatic N) is 3. The molecule has 2 aromatic heterocycles. The molecule has 1 saturated heterocycles. The molecule has 3 heterocycles. The molecule has 1 saturated carbocycles. The van der Waals surface area contributed by atoms with Crippen LogP contribution in [0.25, 0.3) is 0 Å². The molecular weight excluding hydrogens is 322 g/mol. The second kappa shape index (κ2) is 7.05. The van der Waals surface area contributed by atoms with E-state index in [2.05, 4.69) is 10.1 Å². The molecule has 0 radical (unpaired) electrons. The van der Waals surface area contributed by atoms with Gasteiger partial charge < -0.3 is 9.42 Å². The van der Waals surface area contributed by atoms with Gasteiger partial charge in [-0.1, -0.05) is 24.4 Å². The maximum Gasteiger partial charge on any atom is 0.292 e. The summed E-state index contributed by atoms with van der Waals surface area (Å²) < 4.78 is 5.40. The van der Waals surface area contributed by atoms with Gasteiger partial charge in [0.05, 0.1) is 10.7 Å². The topological polar surface area (TPSA) is 59.2 Å². The van der Waals surface area contributed by atoms with Crippen LogP contribution in [0.3, 0.4) is 0 Å². The summed E-state index contributed by atoms with van der Waals surface area (Å²) in [4.78, 5) is 19.1. The highest BCUT2D eigenvalue weighted by atomic mass is 32.1. The van der Waals surface area contributed by atoms with Crippen molar-refractivity contribution in [2.45, 2.75) is 56.8 Å². The van der Waals surface area contributed by atoms with Crippen LogP contribution in [-0.2, 0) is 0 Å². The average molecular weight is 345 g/mol. The number of amides is 1. The van der Waals surface area contributed by atoms with Crippen molar-refractivity contribution in [3.05, 3.63) is 34.1 Å². The van der Waals surface area contributed by atoms with E-state index in [1.807, 2.05) is 22.5 Å². The summed E-state index contributed by atoms with van der Waals surface area (Å²) >= 11 is 1.68. The van der Waals surface area contributed by atoms with Crippen LogP contribution in [0.4, 0.5) is 0 Å². The normalized spacial score (nSPS) is 22.7. The summed E-state index contributed by atoms with van der Waals surface area (Å²) in [5.74, 6) is 1.19. The van der Waals surface area contributed by atoms with Crippen LogP contribution in [0.5, 0.6) is 0 Å². The Labute approximate surface area is 146 Å².